The monoisotopic (exact) mass is 218 g/mol. The van der Waals surface area contributed by atoms with Crippen LogP contribution in [0.2, 0.25) is 0 Å². The fourth-order valence-corrected chi connectivity index (χ4v) is 1.69. The molecule has 86 valence electrons. The van der Waals surface area contributed by atoms with E-state index in [9.17, 15) is 0 Å². The number of nitrogens with zero attached hydrogens (tertiary/aromatic N) is 1. The lowest BCUT2D eigenvalue weighted by molar-refractivity contribution is 0.690. The molecule has 1 atom stereocenters. The minimum Gasteiger partial charge on any atom is -0.385 e. The van der Waals surface area contributed by atoms with Gasteiger partial charge in [0.05, 0.1) is 11.0 Å². The summed E-state index contributed by atoms with van der Waals surface area (Å²) in [7, 11) is 0. The molecular weight excluding hydrogens is 200 g/mol. The van der Waals surface area contributed by atoms with E-state index in [0.717, 1.165) is 35.5 Å². The molecule has 1 heterocycles. The third kappa shape index (κ3) is 2.52. The van der Waals surface area contributed by atoms with Crippen LogP contribution in [0.25, 0.3) is 11.0 Å². The number of imidazole rings is 1. The summed E-state index contributed by atoms with van der Waals surface area (Å²) in [5, 5.41) is 3.35. The minimum absolute atomic E-state index is 0.241. The first-order valence-corrected chi connectivity index (χ1v) is 5.61. The van der Waals surface area contributed by atoms with E-state index < -0.39 is 0 Å². The van der Waals surface area contributed by atoms with Gasteiger partial charge in [-0.3, -0.25) is 0 Å². The Balaban J connectivity index is 2.07. The Bertz CT molecular complexity index is 473. The molecular formula is C12H18N4. The van der Waals surface area contributed by atoms with Gasteiger partial charge >= 0.3 is 0 Å². The minimum atomic E-state index is 0.241. The lowest BCUT2D eigenvalue weighted by atomic mass is 10.2. The molecule has 4 heteroatoms. The van der Waals surface area contributed by atoms with Crippen molar-refractivity contribution < 1.29 is 0 Å². The van der Waals surface area contributed by atoms with Crippen molar-refractivity contribution in [3.8, 4) is 0 Å². The molecule has 4 N–H and O–H groups in total. The summed E-state index contributed by atoms with van der Waals surface area (Å²) in [6.45, 7) is 4.88. The molecule has 0 amide bonds. The Morgan fingerprint density at radius 1 is 1.50 bits per heavy atom. The number of aromatic amines is 1. The van der Waals surface area contributed by atoms with Gasteiger partial charge in [-0.05, 0) is 38.5 Å². The number of rotatable bonds is 4. The van der Waals surface area contributed by atoms with E-state index in [1.807, 2.05) is 26.0 Å². The van der Waals surface area contributed by atoms with E-state index in [-0.39, 0.29) is 6.04 Å². The normalized spacial score (nSPS) is 12.9. The van der Waals surface area contributed by atoms with Crippen LogP contribution in [0.3, 0.4) is 0 Å². The van der Waals surface area contributed by atoms with Gasteiger partial charge in [0.1, 0.15) is 5.82 Å². The molecule has 2 aromatic rings. The van der Waals surface area contributed by atoms with Crippen molar-refractivity contribution in [1.82, 2.24) is 9.97 Å². The van der Waals surface area contributed by atoms with Crippen molar-refractivity contribution in [1.29, 1.82) is 0 Å². The molecule has 0 saturated heterocycles. The Hall–Kier alpha value is -1.55. The number of hydrogen-bond acceptors (Lipinski definition) is 3. The van der Waals surface area contributed by atoms with Crippen LogP contribution in [-0.2, 0) is 0 Å². The quantitative estimate of drug-likeness (QED) is 0.735. The van der Waals surface area contributed by atoms with Crippen molar-refractivity contribution in [3.63, 3.8) is 0 Å². The van der Waals surface area contributed by atoms with Crippen molar-refractivity contribution >= 4 is 16.7 Å². The SMILES string of the molecule is Cc1nc2ccc(NCCC(C)N)cc2[nH]1. The van der Waals surface area contributed by atoms with Gasteiger partial charge in [-0.15, -0.1) is 0 Å². The second-order valence-corrected chi connectivity index (χ2v) is 4.25. The predicted molar refractivity (Wildman–Crippen MR) is 67.6 cm³/mol. The van der Waals surface area contributed by atoms with Crippen LogP contribution in [-0.4, -0.2) is 22.6 Å². The summed E-state index contributed by atoms with van der Waals surface area (Å²) in [5.74, 6) is 0.947. The summed E-state index contributed by atoms with van der Waals surface area (Å²) in [6, 6.07) is 6.39. The number of hydrogen-bond donors (Lipinski definition) is 3. The van der Waals surface area contributed by atoms with Crippen molar-refractivity contribution in [2.24, 2.45) is 5.73 Å². The van der Waals surface area contributed by atoms with Crippen LogP contribution in [0.4, 0.5) is 5.69 Å². The fraction of sp³-hybridized carbons (Fsp3) is 0.417. The zero-order chi connectivity index (χ0) is 11.5. The topological polar surface area (TPSA) is 66.7 Å². The highest BCUT2D eigenvalue weighted by Gasteiger charge is 2.00. The molecule has 0 aliphatic carbocycles. The van der Waals surface area contributed by atoms with E-state index in [4.69, 9.17) is 5.73 Å². The van der Waals surface area contributed by atoms with Crippen LogP contribution < -0.4 is 11.1 Å². The molecule has 0 fully saturated rings. The molecule has 1 aromatic carbocycles. The van der Waals surface area contributed by atoms with Crippen LogP contribution in [0.15, 0.2) is 18.2 Å². The number of nitrogens with two attached hydrogens (primary N) is 1. The smallest absolute Gasteiger partial charge is 0.104 e. The summed E-state index contributed by atoms with van der Waals surface area (Å²) < 4.78 is 0. The zero-order valence-electron chi connectivity index (χ0n) is 9.75. The van der Waals surface area contributed by atoms with Crippen LogP contribution in [0, 0.1) is 6.92 Å². The highest BCUT2D eigenvalue weighted by molar-refractivity contribution is 5.79. The molecule has 16 heavy (non-hydrogen) atoms. The summed E-state index contributed by atoms with van der Waals surface area (Å²) in [4.78, 5) is 7.58. The summed E-state index contributed by atoms with van der Waals surface area (Å²) in [5.41, 5.74) is 8.88. The molecule has 1 unspecified atom stereocenters. The number of aromatic nitrogens is 2. The number of benzene rings is 1. The van der Waals surface area contributed by atoms with Crippen LogP contribution >= 0.6 is 0 Å². The Kier molecular flexibility index (Phi) is 3.10. The maximum Gasteiger partial charge on any atom is 0.104 e. The molecule has 0 saturated carbocycles. The maximum absolute atomic E-state index is 5.69. The maximum atomic E-state index is 5.69. The number of anilines is 1. The number of nitrogens with one attached hydrogen (secondary N) is 2. The van der Waals surface area contributed by atoms with Gasteiger partial charge in [0, 0.05) is 18.3 Å². The van der Waals surface area contributed by atoms with Gasteiger partial charge < -0.3 is 16.0 Å². The van der Waals surface area contributed by atoms with E-state index in [1.54, 1.807) is 0 Å². The van der Waals surface area contributed by atoms with E-state index in [2.05, 4.69) is 21.4 Å². The van der Waals surface area contributed by atoms with Crippen LogP contribution in [0.5, 0.6) is 0 Å². The first-order valence-electron chi connectivity index (χ1n) is 5.61. The predicted octanol–water partition coefficient (Wildman–Crippen LogP) is 2.02. The van der Waals surface area contributed by atoms with Gasteiger partial charge in [-0.2, -0.15) is 0 Å². The largest absolute Gasteiger partial charge is 0.385 e. The lowest BCUT2D eigenvalue weighted by Gasteiger charge is -2.08. The molecule has 2 rings (SSSR count). The third-order valence-electron chi connectivity index (χ3n) is 2.53. The van der Waals surface area contributed by atoms with Gasteiger partial charge in [-0.25, -0.2) is 4.98 Å². The standard InChI is InChI=1S/C12H18N4/c1-8(13)5-6-14-10-3-4-11-12(7-10)16-9(2)15-11/h3-4,7-8,14H,5-6,13H2,1-2H3,(H,15,16). The average molecular weight is 218 g/mol. The zero-order valence-corrected chi connectivity index (χ0v) is 9.75. The first kappa shape index (κ1) is 11.0. The molecule has 0 aliphatic rings. The Morgan fingerprint density at radius 2 is 2.31 bits per heavy atom. The van der Waals surface area contributed by atoms with Crippen molar-refractivity contribution in [2.45, 2.75) is 26.3 Å². The number of fused-ring (bicyclic) bond motifs is 1. The fourth-order valence-electron chi connectivity index (χ4n) is 1.69. The highest BCUT2D eigenvalue weighted by Crippen LogP contribution is 2.16. The Morgan fingerprint density at radius 3 is 3.06 bits per heavy atom. The molecule has 0 radical (unpaired) electrons. The van der Waals surface area contributed by atoms with Gasteiger partial charge in [0.25, 0.3) is 0 Å². The van der Waals surface area contributed by atoms with Gasteiger partial charge in [0.2, 0.25) is 0 Å². The second kappa shape index (κ2) is 4.53. The van der Waals surface area contributed by atoms with E-state index in [1.165, 1.54) is 0 Å². The molecule has 0 spiro atoms. The van der Waals surface area contributed by atoms with E-state index in [0.29, 0.717) is 0 Å². The summed E-state index contributed by atoms with van der Waals surface area (Å²) in [6.07, 6.45) is 0.972. The molecule has 0 aliphatic heterocycles. The third-order valence-corrected chi connectivity index (χ3v) is 2.53. The molecule has 1 aromatic heterocycles. The van der Waals surface area contributed by atoms with E-state index >= 15 is 0 Å². The molecule has 4 nitrogen and oxygen atoms in total. The average Bonchev–Trinajstić information content (AvgIpc) is 2.56. The van der Waals surface area contributed by atoms with Crippen molar-refractivity contribution in [3.05, 3.63) is 24.0 Å². The Labute approximate surface area is 95.3 Å². The first-order chi connectivity index (χ1) is 7.65. The molecule has 0 bridgehead atoms. The highest BCUT2D eigenvalue weighted by atomic mass is 14.9. The lowest BCUT2D eigenvalue weighted by Crippen LogP contribution is -2.19. The second-order valence-electron chi connectivity index (χ2n) is 4.25. The summed E-state index contributed by atoms with van der Waals surface area (Å²) >= 11 is 0. The van der Waals surface area contributed by atoms with Gasteiger partial charge in [-0.1, -0.05) is 0 Å². The number of H-pyrrole nitrogens is 1. The number of aryl methyl sites for hydroxylation is 1. The van der Waals surface area contributed by atoms with Gasteiger partial charge in [0.15, 0.2) is 0 Å². The van der Waals surface area contributed by atoms with Crippen molar-refractivity contribution in [2.75, 3.05) is 11.9 Å². The van der Waals surface area contributed by atoms with Crippen LogP contribution in [0.1, 0.15) is 19.2 Å².